The van der Waals surface area contributed by atoms with Gasteiger partial charge in [0.2, 0.25) is 0 Å². The van der Waals surface area contributed by atoms with Crippen LogP contribution in [0.5, 0.6) is 11.5 Å². The van der Waals surface area contributed by atoms with Gasteiger partial charge in [-0.05, 0) is 99.5 Å². The van der Waals surface area contributed by atoms with Crippen molar-refractivity contribution in [2.75, 3.05) is 27.4 Å². The number of methoxy groups -OCH3 is 2. The molecule has 1 aliphatic rings. The average Bonchev–Trinajstić information content (AvgIpc) is 3.35. The molecule has 3 aromatic rings. The highest BCUT2D eigenvalue weighted by molar-refractivity contribution is 5.93. The van der Waals surface area contributed by atoms with Crippen LogP contribution in [-0.2, 0) is 16.0 Å². The first-order valence-electron chi connectivity index (χ1n) is 13.0. The van der Waals surface area contributed by atoms with Crippen LogP contribution in [0.15, 0.2) is 54.5 Å². The zero-order valence-electron chi connectivity index (χ0n) is 22.3. The fraction of sp³-hybridized carbons (Fsp3) is 0.400. The van der Waals surface area contributed by atoms with E-state index in [2.05, 4.69) is 22.4 Å². The summed E-state index contributed by atoms with van der Waals surface area (Å²) < 4.78 is 18.4. The average molecular weight is 504 g/mol. The number of nitrogens with one attached hydrogen (secondary N) is 1. The molecule has 1 N–H and O–H groups in total. The molecule has 0 fully saturated rings. The van der Waals surface area contributed by atoms with E-state index in [0.29, 0.717) is 30.4 Å². The van der Waals surface area contributed by atoms with E-state index in [1.54, 1.807) is 20.5 Å². The Balaban J connectivity index is 1.45. The van der Waals surface area contributed by atoms with Crippen molar-refractivity contribution < 1.29 is 19.0 Å². The molecule has 0 amide bonds. The molecule has 1 heterocycles. The number of rotatable bonds is 11. The van der Waals surface area contributed by atoms with E-state index < -0.39 is 0 Å². The van der Waals surface area contributed by atoms with Crippen LogP contribution in [0.2, 0.25) is 0 Å². The second-order valence-electron chi connectivity index (χ2n) is 9.31. The first kappa shape index (κ1) is 26.5. The fourth-order valence-corrected chi connectivity index (χ4v) is 4.88. The molecule has 1 aliphatic carbocycles. The lowest BCUT2D eigenvalue weighted by Crippen LogP contribution is -2.26. The molecule has 1 aromatic heterocycles. The molecule has 0 saturated carbocycles. The summed E-state index contributed by atoms with van der Waals surface area (Å²) in [7, 11) is 3.35. The van der Waals surface area contributed by atoms with Gasteiger partial charge in [-0.2, -0.15) is 0 Å². The van der Waals surface area contributed by atoms with Crippen molar-refractivity contribution in [1.29, 1.82) is 0 Å². The van der Waals surface area contributed by atoms with Crippen molar-refractivity contribution in [3.8, 4) is 17.2 Å². The molecular formula is C30H37N3O4. The van der Waals surface area contributed by atoms with E-state index >= 15 is 0 Å². The summed E-state index contributed by atoms with van der Waals surface area (Å²) in [6.45, 7) is 4.93. The van der Waals surface area contributed by atoms with Gasteiger partial charge in [0.25, 0.3) is 0 Å². The zero-order chi connectivity index (χ0) is 26.2. The van der Waals surface area contributed by atoms with E-state index in [4.69, 9.17) is 14.2 Å². The molecule has 0 saturated heterocycles. The number of hydrogen-bond donors (Lipinski definition) is 1. The molecule has 0 radical (unpaired) electrons. The lowest BCUT2D eigenvalue weighted by molar-refractivity contribution is -0.138. The molecule has 1 atom stereocenters. The number of nitrogens with zero attached hydrogens (tertiary/aromatic N) is 2. The first-order valence-corrected chi connectivity index (χ1v) is 13.0. The Hall–Kier alpha value is -3.58. The third-order valence-electron chi connectivity index (χ3n) is 6.75. The number of carbonyl (C=O) groups is 1. The van der Waals surface area contributed by atoms with Crippen LogP contribution in [0.1, 0.15) is 61.0 Å². The number of fused-ring (bicyclic) bond motifs is 1. The molecular weight excluding hydrogens is 466 g/mol. The van der Waals surface area contributed by atoms with E-state index in [1.807, 2.05) is 55.0 Å². The summed E-state index contributed by atoms with van der Waals surface area (Å²) in [5.74, 6) is 1.33. The van der Waals surface area contributed by atoms with Crippen molar-refractivity contribution in [2.24, 2.45) is 0 Å². The molecule has 0 spiro atoms. The van der Waals surface area contributed by atoms with Crippen LogP contribution in [0, 0.1) is 6.92 Å². The summed E-state index contributed by atoms with van der Waals surface area (Å²) in [6, 6.07) is 12.6. The topological polar surface area (TPSA) is 74.6 Å². The molecule has 0 bridgehead atoms. The Kier molecular flexibility index (Phi) is 9.01. The highest BCUT2D eigenvalue weighted by atomic mass is 16.5. The molecule has 1 unspecified atom stereocenters. The van der Waals surface area contributed by atoms with Crippen molar-refractivity contribution in [1.82, 2.24) is 14.9 Å². The summed E-state index contributed by atoms with van der Waals surface area (Å²) in [4.78, 5) is 17.1. The number of ether oxygens (including phenoxy) is 3. The van der Waals surface area contributed by atoms with Crippen LogP contribution >= 0.6 is 0 Å². The smallest absolute Gasteiger partial charge is 0.334 e. The van der Waals surface area contributed by atoms with Crippen molar-refractivity contribution in [3.63, 3.8) is 0 Å². The van der Waals surface area contributed by atoms with Gasteiger partial charge in [0.05, 0.1) is 38.5 Å². The third-order valence-corrected chi connectivity index (χ3v) is 6.75. The van der Waals surface area contributed by atoms with Gasteiger partial charge in [0.15, 0.2) is 0 Å². The second-order valence-corrected chi connectivity index (χ2v) is 9.31. The van der Waals surface area contributed by atoms with Crippen LogP contribution in [0.3, 0.4) is 0 Å². The lowest BCUT2D eigenvalue weighted by atomic mass is 9.87. The van der Waals surface area contributed by atoms with Crippen molar-refractivity contribution in [2.45, 2.75) is 52.0 Å². The number of benzene rings is 2. The Morgan fingerprint density at radius 1 is 1.19 bits per heavy atom. The molecule has 7 nitrogen and oxygen atoms in total. The van der Waals surface area contributed by atoms with Gasteiger partial charge in [-0.1, -0.05) is 12.1 Å². The van der Waals surface area contributed by atoms with Gasteiger partial charge in [-0.25, -0.2) is 9.78 Å². The SMILES string of the molecule is CCOC(=O)/C(=C/c1ccc(-n2cnc(C)c2)c(OC)c1)CCCNC1CCCc2ccc(OC)cc21. The number of carbonyl (C=O) groups excluding carboxylic acids is 1. The first-order chi connectivity index (χ1) is 18.0. The Bertz CT molecular complexity index is 1250. The maximum absolute atomic E-state index is 12.8. The normalized spacial score (nSPS) is 15.2. The standard InChI is InChI=1S/C30H37N3O4/c1-5-37-30(34)24(16-22-11-14-28(29(17-22)36-4)33-19-21(2)32-20-33)9-7-15-31-27-10-6-8-23-12-13-25(35-3)18-26(23)27/h11-14,16-20,27,31H,5-10,15H2,1-4H3/b24-16+. The predicted molar refractivity (Wildman–Crippen MR) is 145 cm³/mol. The van der Waals surface area contributed by atoms with Crippen LogP contribution in [-0.4, -0.2) is 42.9 Å². The highest BCUT2D eigenvalue weighted by Gasteiger charge is 2.20. The maximum atomic E-state index is 12.8. The van der Waals surface area contributed by atoms with Crippen molar-refractivity contribution in [3.05, 3.63) is 76.9 Å². The molecule has 0 aliphatic heterocycles. The van der Waals surface area contributed by atoms with Gasteiger partial charge < -0.3 is 24.1 Å². The molecule has 7 heteroatoms. The van der Waals surface area contributed by atoms with E-state index in [-0.39, 0.29) is 5.97 Å². The number of aromatic nitrogens is 2. The number of aryl methyl sites for hydroxylation is 2. The Morgan fingerprint density at radius 3 is 2.78 bits per heavy atom. The lowest BCUT2D eigenvalue weighted by Gasteiger charge is -2.27. The minimum atomic E-state index is -0.275. The zero-order valence-corrected chi connectivity index (χ0v) is 22.3. The predicted octanol–water partition coefficient (Wildman–Crippen LogP) is 5.59. The second kappa shape index (κ2) is 12.6. The number of hydrogen-bond acceptors (Lipinski definition) is 6. The molecule has 4 rings (SSSR count). The van der Waals surface area contributed by atoms with Gasteiger partial charge >= 0.3 is 5.97 Å². The third kappa shape index (κ3) is 6.60. The summed E-state index contributed by atoms with van der Waals surface area (Å²) in [5.41, 5.74) is 6.09. The fourth-order valence-electron chi connectivity index (χ4n) is 4.88. The van der Waals surface area contributed by atoms with Gasteiger partial charge in [-0.15, -0.1) is 0 Å². The minimum Gasteiger partial charge on any atom is -0.497 e. The summed E-state index contributed by atoms with van der Waals surface area (Å²) in [5, 5.41) is 3.70. The van der Waals surface area contributed by atoms with Gasteiger partial charge in [-0.3, -0.25) is 0 Å². The van der Waals surface area contributed by atoms with Crippen molar-refractivity contribution >= 4 is 12.0 Å². The van der Waals surface area contributed by atoms with Crippen LogP contribution in [0.4, 0.5) is 0 Å². The maximum Gasteiger partial charge on any atom is 0.334 e. The monoisotopic (exact) mass is 503 g/mol. The molecule has 196 valence electrons. The van der Waals surface area contributed by atoms with E-state index in [9.17, 15) is 4.79 Å². The Labute approximate surface area is 219 Å². The van der Waals surface area contributed by atoms with Crippen LogP contribution < -0.4 is 14.8 Å². The quantitative estimate of drug-likeness (QED) is 0.209. The van der Waals surface area contributed by atoms with Crippen LogP contribution in [0.25, 0.3) is 11.8 Å². The summed E-state index contributed by atoms with van der Waals surface area (Å²) in [6.07, 6.45) is 10.4. The minimum absolute atomic E-state index is 0.275. The van der Waals surface area contributed by atoms with Gasteiger partial charge in [0.1, 0.15) is 11.5 Å². The van der Waals surface area contributed by atoms with E-state index in [0.717, 1.165) is 48.5 Å². The molecule has 37 heavy (non-hydrogen) atoms. The Morgan fingerprint density at radius 2 is 2.05 bits per heavy atom. The summed E-state index contributed by atoms with van der Waals surface area (Å²) >= 11 is 0. The van der Waals surface area contributed by atoms with E-state index in [1.165, 1.54) is 17.5 Å². The number of imidazole rings is 1. The highest BCUT2D eigenvalue weighted by Crippen LogP contribution is 2.32. The van der Waals surface area contributed by atoms with Gasteiger partial charge in [0, 0.05) is 17.8 Å². The molecule has 2 aromatic carbocycles. The largest absolute Gasteiger partial charge is 0.497 e. The number of esters is 1.